The molecule has 2 aromatic rings. The van der Waals surface area contributed by atoms with Gasteiger partial charge in [0.2, 0.25) is 5.88 Å². The number of hydrogen-bond acceptors (Lipinski definition) is 4. The van der Waals surface area contributed by atoms with Crippen LogP contribution in [0.3, 0.4) is 0 Å². The molecular formula is C12H10ClN3O2S. The van der Waals surface area contributed by atoms with E-state index >= 15 is 0 Å². The minimum absolute atomic E-state index is 0.0473. The summed E-state index contributed by atoms with van der Waals surface area (Å²) in [6.45, 7) is 0. The molecule has 1 heterocycles. The van der Waals surface area contributed by atoms with Gasteiger partial charge in [0.05, 0.1) is 5.69 Å². The predicted molar refractivity (Wildman–Crippen MR) is 77.2 cm³/mol. The quantitative estimate of drug-likeness (QED) is 0.661. The van der Waals surface area contributed by atoms with Crippen LogP contribution in [-0.2, 0) is 7.05 Å². The van der Waals surface area contributed by atoms with E-state index in [2.05, 4.69) is 9.98 Å². The smallest absolute Gasteiger partial charge is 0.264 e. The van der Waals surface area contributed by atoms with Gasteiger partial charge in [-0.25, -0.2) is 0 Å². The highest BCUT2D eigenvalue weighted by molar-refractivity contribution is 7.71. The molecular weight excluding hydrogens is 286 g/mol. The van der Waals surface area contributed by atoms with Gasteiger partial charge in [0, 0.05) is 18.3 Å². The van der Waals surface area contributed by atoms with Gasteiger partial charge in [-0.15, -0.1) is 0 Å². The van der Waals surface area contributed by atoms with Crippen molar-refractivity contribution in [3.05, 3.63) is 50.0 Å². The Morgan fingerprint density at radius 3 is 2.68 bits per heavy atom. The third-order valence-corrected chi connectivity index (χ3v) is 3.13. The Kier molecular flexibility index (Phi) is 3.82. The van der Waals surface area contributed by atoms with Crippen LogP contribution in [0.4, 0.5) is 5.69 Å². The molecule has 2 rings (SSSR count). The maximum atomic E-state index is 11.7. The highest BCUT2D eigenvalue weighted by Gasteiger charge is 2.07. The zero-order valence-corrected chi connectivity index (χ0v) is 11.5. The van der Waals surface area contributed by atoms with Crippen LogP contribution in [0.5, 0.6) is 5.88 Å². The SMILES string of the molecule is Cn1c(O)c(C=Nc2ccc(Cl)cc2)c(=O)[nH]c1=S. The van der Waals surface area contributed by atoms with E-state index in [-0.39, 0.29) is 16.2 Å². The van der Waals surface area contributed by atoms with Crippen molar-refractivity contribution in [2.24, 2.45) is 12.0 Å². The van der Waals surface area contributed by atoms with Crippen LogP contribution in [0, 0.1) is 4.77 Å². The Balaban J connectivity index is 2.44. The van der Waals surface area contributed by atoms with Gasteiger partial charge in [-0.1, -0.05) is 11.6 Å². The highest BCUT2D eigenvalue weighted by atomic mass is 35.5. The molecule has 19 heavy (non-hydrogen) atoms. The van der Waals surface area contributed by atoms with E-state index in [4.69, 9.17) is 23.8 Å². The van der Waals surface area contributed by atoms with E-state index in [1.807, 2.05) is 0 Å². The van der Waals surface area contributed by atoms with Crippen LogP contribution in [0.15, 0.2) is 34.1 Å². The minimum Gasteiger partial charge on any atom is -0.494 e. The summed E-state index contributed by atoms with van der Waals surface area (Å²) in [6.07, 6.45) is 1.28. The summed E-state index contributed by atoms with van der Waals surface area (Å²) in [6, 6.07) is 6.77. The Bertz CT molecular complexity index is 747. The molecule has 0 unspecified atom stereocenters. The molecule has 0 aliphatic heterocycles. The Morgan fingerprint density at radius 1 is 1.42 bits per heavy atom. The first-order valence-corrected chi connectivity index (χ1v) is 6.09. The molecule has 0 saturated heterocycles. The van der Waals surface area contributed by atoms with Crippen LogP contribution in [0.1, 0.15) is 5.56 Å². The monoisotopic (exact) mass is 295 g/mol. The molecule has 0 fully saturated rings. The largest absolute Gasteiger partial charge is 0.494 e. The van der Waals surface area contributed by atoms with Crippen molar-refractivity contribution in [1.29, 1.82) is 0 Å². The second-order valence-electron chi connectivity index (χ2n) is 3.79. The number of aromatic amines is 1. The molecule has 7 heteroatoms. The maximum absolute atomic E-state index is 11.7. The van der Waals surface area contributed by atoms with Crippen molar-refractivity contribution in [1.82, 2.24) is 9.55 Å². The molecule has 1 aromatic carbocycles. The molecule has 0 aliphatic carbocycles. The lowest BCUT2D eigenvalue weighted by atomic mass is 10.3. The molecule has 0 atom stereocenters. The van der Waals surface area contributed by atoms with Crippen molar-refractivity contribution < 1.29 is 5.11 Å². The Labute approximate surface area is 118 Å². The Morgan fingerprint density at radius 2 is 2.05 bits per heavy atom. The van der Waals surface area contributed by atoms with Crippen molar-refractivity contribution in [3.63, 3.8) is 0 Å². The van der Waals surface area contributed by atoms with Crippen molar-refractivity contribution in [2.45, 2.75) is 0 Å². The third kappa shape index (κ3) is 2.91. The van der Waals surface area contributed by atoms with Gasteiger partial charge in [-0.3, -0.25) is 19.3 Å². The van der Waals surface area contributed by atoms with Gasteiger partial charge >= 0.3 is 0 Å². The number of halogens is 1. The molecule has 5 nitrogen and oxygen atoms in total. The maximum Gasteiger partial charge on any atom is 0.264 e. The normalized spacial score (nSPS) is 11.1. The molecule has 0 saturated carbocycles. The fraction of sp³-hybridized carbons (Fsp3) is 0.0833. The summed E-state index contributed by atoms with van der Waals surface area (Å²) >= 11 is 10.6. The van der Waals surface area contributed by atoms with E-state index in [1.54, 1.807) is 31.3 Å². The summed E-state index contributed by atoms with van der Waals surface area (Å²) < 4.78 is 1.44. The van der Waals surface area contributed by atoms with Gasteiger partial charge in [0.25, 0.3) is 5.56 Å². The zero-order valence-electron chi connectivity index (χ0n) is 9.92. The second kappa shape index (κ2) is 5.38. The first-order valence-electron chi connectivity index (χ1n) is 5.31. The minimum atomic E-state index is -0.488. The molecule has 0 spiro atoms. The van der Waals surface area contributed by atoms with Gasteiger partial charge in [0.15, 0.2) is 4.77 Å². The van der Waals surface area contributed by atoms with E-state index in [9.17, 15) is 9.90 Å². The summed E-state index contributed by atoms with van der Waals surface area (Å²) in [5.74, 6) is -0.230. The highest BCUT2D eigenvalue weighted by Crippen LogP contribution is 2.17. The average Bonchev–Trinajstić information content (AvgIpc) is 2.38. The van der Waals surface area contributed by atoms with Crippen molar-refractivity contribution in [2.75, 3.05) is 0 Å². The first kappa shape index (κ1) is 13.5. The number of benzene rings is 1. The summed E-state index contributed by atoms with van der Waals surface area (Å²) in [5, 5.41) is 10.4. The number of nitrogens with zero attached hydrogens (tertiary/aromatic N) is 2. The van der Waals surface area contributed by atoms with Crippen molar-refractivity contribution >= 4 is 35.7 Å². The predicted octanol–water partition coefficient (Wildman–Crippen LogP) is 2.55. The number of aromatic nitrogens is 2. The van der Waals surface area contributed by atoms with Gasteiger partial charge < -0.3 is 5.11 Å². The van der Waals surface area contributed by atoms with E-state index in [0.717, 1.165) is 0 Å². The fourth-order valence-electron chi connectivity index (χ4n) is 1.41. The zero-order chi connectivity index (χ0) is 14.0. The molecule has 0 aliphatic rings. The number of H-pyrrole nitrogens is 1. The molecule has 0 amide bonds. The fourth-order valence-corrected chi connectivity index (χ4v) is 1.71. The lowest BCUT2D eigenvalue weighted by molar-refractivity contribution is 0.420. The van der Waals surface area contributed by atoms with Crippen LogP contribution < -0.4 is 5.56 Å². The summed E-state index contributed by atoms with van der Waals surface area (Å²) in [7, 11) is 1.55. The third-order valence-electron chi connectivity index (χ3n) is 2.50. The van der Waals surface area contributed by atoms with Gasteiger partial charge in [-0.2, -0.15) is 0 Å². The first-order chi connectivity index (χ1) is 8.99. The van der Waals surface area contributed by atoms with Crippen LogP contribution in [-0.4, -0.2) is 20.9 Å². The van der Waals surface area contributed by atoms with Crippen molar-refractivity contribution in [3.8, 4) is 5.88 Å². The Hall–Kier alpha value is -1.92. The number of aromatic hydroxyl groups is 1. The molecule has 2 N–H and O–H groups in total. The average molecular weight is 296 g/mol. The molecule has 0 bridgehead atoms. The lowest BCUT2D eigenvalue weighted by Crippen LogP contribution is -2.17. The topological polar surface area (TPSA) is 70.4 Å². The van der Waals surface area contributed by atoms with E-state index < -0.39 is 5.56 Å². The number of hydrogen-bond donors (Lipinski definition) is 2. The molecule has 98 valence electrons. The summed E-state index contributed by atoms with van der Waals surface area (Å²) in [5.41, 5.74) is 0.178. The lowest BCUT2D eigenvalue weighted by Gasteiger charge is -2.04. The number of nitrogens with one attached hydrogen (secondary N) is 1. The summed E-state index contributed by atoms with van der Waals surface area (Å²) in [4.78, 5) is 18.2. The van der Waals surface area contributed by atoms with E-state index in [0.29, 0.717) is 10.7 Å². The van der Waals surface area contributed by atoms with Crippen LogP contribution in [0.25, 0.3) is 0 Å². The number of aliphatic imine (C=N–C) groups is 1. The number of rotatable bonds is 2. The van der Waals surface area contributed by atoms with Crippen LogP contribution in [0.2, 0.25) is 5.02 Å². The molecule has 1 aromatic heterocycles. The van der Waals surface area contributed by atoms with Gasteiger partial charge in [0.1, 0.15) is 5.56 Å². The van der Waals surface area contributed by atoms with Crippen LogP contribution >= 0.6 is 23.8 Å². The van der Waals surface area contributed by atoms with E-state index in [1.165, 1.54) is 10.8 Å². The van der Waals surface area contributed by atoms with Gasteiger partial charge in [-0.05, 0) is 36.5 Å². The molecule has 0 radical (unpaired) electrons. The second-order valence-corrected chi connectivity index (χ2v) is 4.61. The standard InChI is InChI=1S/C12H10ClN3O2S/c1-16-11(18)9(10(17)15-12(16)19)6-14-8-4-2-7(13)3-5-8/h2-6,18H,1H3,(H,15,17,19).